The highest BCUT2D eigenvalue weighted by Crippen LogP contribution is 2.26. The van der Waals surface area contributed by atoms with Crippen molar-refractivity contribution in [3.05, 3.63) is 87.0 Å². The van der Waals surface area contributed by atoms with E-state index >= 15 is 0 Å². The van der Waals surface area contributed by atoms with Gasteiger partial charge in [0, 0.05) is 11.6 Å². The van der Waals surface area contributed by atoms with E-state index in [1.165, 1.54) is 18.2 Å². The number of para-hydroxylation sites is 1. The van der Waals surface area contributed by atoms with Crippen LogP contribution in [0, 0.1) is 15.5 Å². The predicted molar refractivity (Wildman–Crippen MR) is 115 cm³/mol. The van der Waals surface area contributed by atoms with Crippen LogP contribution in [0.25, 0.3) is 10.8 Å². The molecule has 10 heteroatoms. The van der Waals surface area contributed by atoms with Gasteiger partial charge in [0.15, 0.2) is 0 Å². The van der Waals surface area contributed by atoms with Gasteiger partial charge >= 0.3 is 11.9 Å². The van der Waals surface area contributed by atoms with E-state index < -0.39 is 28.5 Å². The highest BCUT2D eigenvalue weighted by molar-refractivity contribution is 6.02. The van der Waals surface area contributed by atoms with Gasteiger partial charge in [-0.25, -0.2) is 4.79 Å². The number of fused-ring (bicyclic) bond motifs is 1. The predicted octanol–water partition coefficient (Wildman–Crippen LogP) is 1.99. The van der Waals surface area contributed by atoms with Crippen LogP contribution in [0.4, 0.5) is 5.69 Å². The summed E-state index contributed by atoms with van der Waals surface area (Å²) in [7, 11) is 0. The van der Waals surface area contributed by atoms with E-state index in [1.54, 1.807) is 30.3 Å². The van der Waals surface area contributed by atoms with E-state index in [4.69, 9.17) is 21.6 Å². The number of nitrogens with two attached hydrogens (primary N) is 2. The van der Waals surface area contributed by atoms with Crippen molar-refractivity contribution in [2.24, 2.45) is 11.5 Å². The Kier molecular flexibility index (Phi) is 6.24. The van der Waals surface area contributed by atoms with Crippen LogP contribution in [0.5, 0.6) is 0 Å². The molecule has 3 aromatic rings. The van der Waals surface area contributed by atoms with E-state index in [9.17, 15) is 24.5 Å². The van der Waals surface area contributed by atoms with Crippen molar-refractivity contribution in [3.63, 3.8) is 0 Å². The second kappa shape index (κ2) is 9.04. The molecule has 0 bridgehead atoms. The molecule has 0 radical (unpaired) electrons. The lowest BCUT2D eigenvalue weighted by Gasteiger charge is -2.13. The largest absolute Gasteiger partial charge is 0.389 e. The molecule has 3 rings (SSSR count). The first-order chi connectivity index (χ1) is 15.2. The van der Waals surface area contributed by atoms with Gasteiger partial charge < -0.3 is 16.2 Å². The molecular weight excluding hydrogens is 416 g/mol. The van der Waals surface area contributed by atoms with Gasteiger partial charge in [-0.1, -0.05) is 36.4 Å². The molecule has 0 aliphatic carbocycles. The van der Waals surface area contributed by atoms with E-state index in [0.29, 0.717) is 27.5 Å². The molecular formula is C22H18N4O6. The number of nitro groups is 1. The van der Waals surface area contributed by atoms with Crippen molar-refractivity contribution >= 4 is 40.1 Å². The second-order valence-corrected chi connectivity index (χ2v) is 6.91. The van der Waals surface area contributed by atoms with Crippen LogP contribution < -0.4 is 11.5 Å². The van der Waals surface area contributed by atoms with Crippen molar-refractivity contribution in [3.8, 4) is 0 Å². The Bertz CT molecular complexity index is 1280. The number of esters is 2. The molecule has 0 unspecified atom stereocenters. The number of amides is 1. The van der Waals surface area contributed by atoms with Gasteiger partial charge in [-0.3, -0.25) is 25.1 Å². The molecule has 0 spiro atoms. The van der Waals surface area contributed by atoms with Crippen LogP contribution in [-0.2, 0) is 27.2 Å². The third-order valence-corrected chi connectivity index (χ3v) is 4.75. The van der Waals surface area contributed by atoms with Crippen molar-refractivity contribution in [2.75, 3.05) is 0 Å². The molecule has 3 aromatic carbocycles. The number of benzene rings is 3. The van der Waals surface area contributed by atoms with Gasteiger partial charge in [0.2, 0.25) is 5.91 Å². The zero-order chi connectivity index (χ0) is 23.4. The fourth-order valence-corrected chi connectivity index (χ4v) is 3.31. The van der Waals surface area contributed by atoms with Gasteiger partial charge in [-0.05, 0) is 34.0 Å². The highest BCUT2D eigenvalue weighted by Gasteiger charge is 2.23. The highest BCUT2D eigenvalue weighted by atomic mass is 16.6. The van der Waals surface area contributed by atoms with E-state index in [2.05, 4.69) is 0 Å². The molecule has 0 fully saturated rings. The Labute approximate surface area is 181 Å². The van der Waals surface area contributed by atoms with Crippen molar-refractivity contribution in [2.45, 2.75) is 12.8 Å². The Morgan fingerprint density at radius 3 is 2.38 bits per heavy atom. The Balaban J connectivity index is 1.90. The molecule has 5 N–H and O–H groups in total. The van der Waals surface area contributed by atoms with Crippen LogP contribution in [0.1, 0.15) is 27.0 Å². The molecule has 0 atom stereocenters. The summed E-state index contributed by atoms with van der Waals surface area (Å²) in [6, 6.07) is 13.3. The first-order valence-corrected chi connectivity index (χ1v) is 9.33. The Morgan fingerprint density at radius 1 is 1.00 bits per heavy atom. The zero-order valence-electron chi connectivity index (χ0n) is 16.7. The molecule has 32 heavy (non-hydrogen) atoms. The SMILES string of the molecule is N=C(N)c1ccc2c(CC(N)=O)c(CC(=O)OC(=O)c3ccccc3[N+](=O)[O-])ccc2c1. The Morgan fingerprint density at radius 2 is 1.72 bits per heavy atom. The maximum atomic E-state index is 12.4. The number of ether oxygens (including phenoxy) is 1. The summed E-state index contributed by atoms with van der Waals surface area (Å²) >= 11 is 0. The maximum Gasteiger partial charge on any atom is 0.352 e. The minimum absolute atomic E-state index is 0.121. The topological polar surface area (TPSA) is 179 Å². The van der Waals surface area contributed by atoms with E-state index in [0.717, 1.165) is 6.07 Å². The van der Waals surface area contributed by atoms with Gasteiger partial charge in [-0.15, -0.1) is 0 Å². The summed E-state index contributed by atoms with van der Waals surface area (Å²) < 4.78 is 4.81. The van der Waals surface area contributed by atoms with E-state index in [1.807, 2.05) is 0 Å². The van der Waals surface area contributed by atoms with Gasteiger partial charge in [0.1, 0.15) is 11.4 Å². The average molecular weight is 434 g/mol. The lowest BCUT2D eigenvalue weighted by Crippen LogP contribution is -2.19. The maximum absolute atomic E-state index is 12.4. The molecule has 0 aliphatic rings. The van der Waals surface area contributed by atoms with Crippen molar-refractivity contribution < 1.29 is 24.0 Å². The van der Waals surface area contributed by atoms with Crippen LogP contribution >= 0.6 is 0 Å². The number of hydrogen-bond donors (Lipinski definition) is 3. The molecule has 162 valence electrons. The lowest BCUT2D eigenvalue weighted by atomic mass is 9.93. The van der Waals surface area contributed by atoms with Gasteiger partial charge in [0.25, 0.3) is 5.69 Å². The summed E-state index contributed by atoms with van der Waals surface area (Å²) in [5.74, 6) is -2.84. The first kappa shape index (κ1) is 22.1. The monoisotopic (exact) mass is 434 g/mol. The summed E-state index contributed by atoms with van der Waals surface area (Å²) in [5.41, 5.74) is 11.4. The second-order valence-electron chi connectivity index (χ2n) is 6.91. The number of nitro benzene ring substituents is 1. The number of carbonyl (C=O) groups is 3. The number of nitrogen functional groups attached to an aromatic ring is 1. The number of hydrogen-bond acceptors (Lipinski definition) is 7. The number of nitrogens with one attached hydrogen (secondary N) is 1. The summed E-state index contributed by atoms with van der Waals surface area (Å²) in [6.07, 6.45) is -0.531. The van der Waals surface area contributed by atoms with Crippen LogP contribution in [0.3, 0.4) is 0 Å². The molecule has 10 nitrogen and oxygen atoms in total. The molecule has 0 heterocycles. The normalized spacial score (nSPS) is 10.5. The van der Waals surface area contributed by atoms with Gasteiger partial charge in [0.05, 0.1) is 17.8 Å². The lowest BCUT2D eigenvalue weighted by molar-refractivity contribution is -0.385. The standard InChI is InChI=1S/C22H18N4O6/c23-19(27)11-17-13(6-5-12-9-14(21(24)25)7-8-15(12)17)10-20(28)32-22(29)16-3-1-2-4-18(16)26(30)31/h1-9H,10-11H2,(H2,23,27)(H3,24,25). The Hall–Kier alpha value is -4.60. The third kappa shape index (κ3) is 4.75. The molecule has 0 saturated carbocycles. The minimum atomic E-state index is -1.15. The van der Waals surface area contributed by atoms with Crippen molar-refractivity contribution in [1.82, 2.24) is 0 Å². The zero-order valence-corrected chi connectivity index (χ0v) is 16.7. The molecule has 0 aliphatic heterocycles. The quantitative estimate of drug-likeness (QED) is 0.127. The number of nitrogens with zero attached hydrogens (tertiary/aromatic N) is 1. The number of carbonyl (C=O) groups excluding carboxylic acids is 3. The molecule has 0 aromatic heterocycles. The van der Waals surface area contributed by atoms with Crippen LogP contribution in [-0.4, -0.2) is 28.6 Å². The summed E-state index contributed by atoms with van der Waals surface area (Å²) in [5, 5.41) is 20.0. The summed E-state index contributed by atoms with van der Waals surface area (Å²) in [6.45, 7) is 0. The van der Waals surface area contributed by atoms with E-state index in [-0.39, 0.29) is 24.2 Å². The van der Waals surface area contributed by atoms with Crippen LogP contribution in [0.15, 0.2) is 54.6 Å². The number of rotatable bonds is 7. The molecule has 0 saturated heterocycles. The van der Waals surface area contributed by atoms with Crippen LogP contribution in [0.2, 0.25) is 0 Å². The number of amidine groups is 1. The summed E-state index contributed by atoms with van der Waals surface area (Å²) in [4.78, 5) is 46.7. The minimum Gasteiger partial charge on any atom is -0.389 e. The van der Waals surface area contributed by atoms with Crippen molar-refractivity contribution in [1.29, 1.82) is 5.41 Å². The van der Waals surface area contributed by atoms with Gasteiger partial charge in [-0.2, -0.15) is 0 Å². The fourth-order valence-electron chi connectivity index (χ4n) is 3.31. The average Bonchev–Trinajstić information content (AvgIpc) is 2.74. The third-order valence-electron chi connectivity index (χ3n) is 4.75. The molecule has 1 amide bonds. The first-order valence-electron chi connectivity index (χ1n) is 9.33. The number of primary amides is 1. The fraction of sp³-hybridized carbons (Fsp3) is 0.0909. The smallest absolute Gasteiger partial charge is 0.352 e.